The van der Waals surface area contributed by atoms with Gasteiger partial charge in [0, 0.05) is 17.0 Å². The number of para-hydroxylation sites is 1. The number of nitrogens with zero attached hydrogens (tertiary/aromatic N) is 2. The molecule has 6 nitrogen and oxygen atoms in total. The van der Waals surface area contributed by atoms with E-state index in [0.717, 1.165) is 16.9 Å². The van der Waals surface area contributed by atoms with Crippen LogP contribution in [-0.4, -0.2) is 27.8 Å². The van der Waals surface area contributed by atoms with Crippen LogP contribution in [0.3, 0.4) is 0 Å². The molecule has 1 N–H and O–H groups in total. The van der Waals surface area contributed by atoms with Gasteiger partial charge in [0.25, 0.3) is 5.56 Å². The first kappa shape index (κ1) is 22.5. The summed E-state index contributed by atoms with van der Waals surface area (Å²) in [7, 11) is 0. The summed E-state index contributed by atoms with van der Waals surface area (Å²) in [5, 5.41) is 4.51. The van der Waals surface area contributed by atoms with Crippen molar-refractivity contribution in [2.24, 2.45) is 0 Å². The number of aryl methyl sites for hydroxylation is 1. The van der Waals surface area contributed by atoms with E-state index in [9.17, 15) is 9.59 Å². The maximum absolute atomic E-state index is 13.4. The average Bonchev–Trinajstić information content (AvgIpc) is 2.83. The van der Waals surface area contributed by atoms with E-state index in [0.29, 0.717) is 39.8 Å². The zero-order chi connectivity index (χ0) is 23.7. The molecule has 3 aromatic carbocycles. The highest BCUT2D eigenvalue weighted by Crippen LogP contribution is 2.32. The second-order valence-electron chi connectivity index (χ2n) is 8.12. The summed E-state index contributed by atoms with van der Waals surface area (Å²) < 4.78 is 7.25. The number of amides is 1. The van der Waals surface area contributed by atoms with Gasteiger partial charge in [0.15, 0.2) is 5.16 Å². The van der Waals surface area contributed by atoms with E-state index in [1.54, 1.807) is 22.8 Å². The largest absolute Gasteiger partial charge is 0.493 e. The van der Waals surface area contributed by atoms with Crippen molar-refractivity contribution in [1.82, 2.24) is 14.9 Å². The molecule has 5 rings (SSSR count). The highest BCUT2D eigenvalue weighted by atomic mass is 35.5. The Kier molecular flexibility index (Phi) is 6.30. The molecule has 1 atom stereocenters. The van der Waals surface area contributed by atoms with Gasteiger partial charge in [-0.2, -0.15) is 0 Å². The van der Waals surface area contributed by atoms with Gasteiger partial charge in [-0.05, 0) is 48.9 Å². The molecule has 0 bridgehead atoms. The smallest absolute Gasteiger partial charge is 0.266 e. The van der Waals surface area contributed by atoms with Crippen LogP contribution < -0.4 is 15.6 Å². The lowest BCUT2D eigenvalue weighted by molar-refractivity contribution is -0.119. The molecule has 0 saturated carbocycles. The van der Waals surface area contributed by atoms with Crippen molar-refractivity contribution in [3.8, 4) is 11.4 Å². The van der Waals surface area contributed by atoms with Gasteiger partial charge in [0.2, 0.25) is 5.91 Å². The monoisotopic (exact) mass is 491 g/mol. The molecule has 1 aromatic heterocycles. The lowest BCUT2D eigenvalue weighted by atomic mass is 10.0. The number of fused-ring (bicyclic) bond motifs is 2. The Balaban J connectivity index is 1.45. The Morgan fingerprint density at radius 2 is 2.03 bits per heavy atom. The average molecular weight is 492 g/mol. The number of hydrogen-bond acceptors (Lipinski definition) is 5. The number of benzene rings is 3. The summed E-state index contributed by atoms with van der Waals surface area (Å²) in [5.41, 5.74) is 3.00. The fourth-order valence-electron chi connectivity index (χ4n) is 4.09. The summed E-state index contributed by atoms with van der Waals surface area (Å²) in [6.07, 6.45) is 0.703. The number of hydrogen-bond donors (Lipinski definition) is 1. The molecule has 172 valence electrons. The molecule has 4 aromatic rings. The number of carbonyl (C=O) groups excluding carboxylic acids is 1. The molecule has 1 amide bonds. The standard InChI is InChI=1S/C26H22ClN3O3S/c1-16-5-4-6-18(13-16)30-25(32)20-10-9-17(27)14-22(20)29-26(30)34-15-24(31)28-21-11-12-33-23-8-3-2-7-19(21)23/h2-10,13-14,21H,11-12,15H2,1H3,(H,28,31). The van der Waals surface area contributed by atoms with Crippen LogP contribution in [-0.2, 0) is 4.79 Å². The third kappa shape index (κ3) is 4.54. The second kappa shape index (κ2) is 9.52. The summed E-state index contributed by atoms with van der Waals surface area (Å²) in [6, 6.07) is 20.3. The van der Waals surface area contributed by atoms with E-state index >= 15 is 0 Å². The van der Waals surface area contributed by atoms with Crippen molar-refractivity contribution in [2.75, 3.05) is 12.4 Å². The van der Waals surface area contributed by atoms with E-state index < -0.39 is 0 Å². The van der Waals surface area contributed by atoms with Gasteiger partial charge in [0.1, 0.15) is 5.75 Å². The molecule has 1 unspecified atom stereocenters. The zero-order valence-electron chi connectivity index (χ0n) is 18.5. The number of thioether (sulfide) groups is 1. The minimum atomic E-state index is -0.200. The van der Waals surface area contributed by atoms with Crippen LogP contribution in [0.5, 0.6) is 5.75 Å². The van der Waals surface area contributed by atoms with E-state index in [-0.39, 0.29) is 23.3 Å². The second-order valence-corrected chi connectivity index (χ2v) is 9.50. The Labute approximate surface area is 205 Å². The number of aromatic nitrogens is 2. The number of halogens is 1. The predicted octanol–water partition coefficient (Wildman–Crippen LogP) is 5.08. The molecule has 0 spiro atoms. The number of carbonyl (C=O) groups is 1. The number of ether oxygens (including phenoxy) is 1. The third-order valence-electron chi connectivity index (χ3n) is 5.69. The SMILES string of the molecule is Cc1cccc(-n2c(SCC(=O)NC3CCOc4ccccc43)nc3cc(Cl)ccc3c2=O)c1. The molecule has 1 aliphatic rings. The highest BCUT2D eigenvalue weighted by Gasteiger charge is 2.23. The fourth-order valence-corrected chi connectivity index (χ4v) is 5.08. The summed E-state index contributed by atoms with van der Waals surface area (Å²) in [6.45, 7) is 2.52. The zero-order valence-corrected chi connectivity index (χ0v) is 20.0. The Hall–Kier alpha value is -3.29. The first-order valence-electron chi connectivity index (χ1n) is 10.9. The molecular weight excluding hydrogens is 470 g/mol. The minimum absolute atomic E-state index is 0.111. The molecule has 0 aliphatic carbocycles. The highest BCUT2D eigenvalue weighted by molar-refractivity contribution is 7.99. The maximum Gasteiger partial charge on any atom is 0.266 e. The molecule has 34 heavy (non-hydrogen) atoms. The van der Waals surface area contributed by atoms with Crippen molar-refractivity contribution >= 4 is 40.2 Å². The van der Waals surface area contributed by atoms with E-state index in [1.807, 2.05) is 55.5 Å². The number of rotatable bonds is 5. The van der Waals surface area contributed by atoms with Gasteiger partial charge in [-0.15, -0.1) is 0 Å². The Morgan fingerprint density at radius 3 is 2.88 bits per heavy atom. The van der Waals surface area contributed by atoms with Crippen LogP contribution in [0.15, 0.2) is 76.7 Å². The fraction of sp³-hybridized carbons (Fsp3) is 0.192. The van der Waals surface area contributed by atoms with Crippen LogP contribution in [0.2, 0.25) is 5.02 Å². The maximum atomic E-state index is 13.4. The molecular formula is C26H22ClN3O3S. The normalized spacial score (nSPS) is 14.9. The number of nitrogens with one attached hydrogen (secondary N) is 1. The topological polar surface area (TPSA) is 73.2 Å². The van der Waals surface area contributed by atoms with Crippen LogP contribution in [0.1, 0.15) is 23.6 Å². The first-order valence-corrected chi connectivity index (χ1v) is 12.3. The van der Waals surface area contributed by atoms with Crippen molar-refractivity contribution in [1.29, 1.82) is 0 Å². The van der Waals surface area contributed by atoms with Crippen molar-refractivity contribution in [3.63, 3.8) is 0 Å². The van der Waals surface area contributed by atoms with Crippen LogP contribution in [0, 0.1) is 6.92 Å². The molecule has 2 heterocycles. The van der Waals surface area contributed by atoms with Gasteiger partial charge < -0.3 is 10.1 Å². The molecule has 0 radical (unpaired) electrons. The minimum Gasteiger partial charge on any atom is -0.493 e. The van der Waals surface area contributed by atoms with Gasteiger partial charge in [-0.3, -0.25) is 14.2 Å². The lowest BCUT2D eigenvalue weighted by Gasteiger charge is -2.26. The summed E-state index contributed by atoms with van der Waals surface area (Å²) in [4.78, 5) is 31.0. The van der Waals surface area contributed by atoms with Crippen LogP contribution >= 0.6 is 23.4 Å². The quantitative estimate of drug-likeness (QED) is 0.311. The van der Waals surface area contributed by atoms with Gasteiger partial charge in [-0.25, -0.2) is 4.98 Å². The van der Waals surface area contributed by atoms with Gasteiger partial charge in [0.05, 0.1) is 35.0 Å². The molecule has 0 fully saturated rings. The van der Waals surface area contributed by atoms with Crippen LogP contribution in [0.25, 0.3) is 16.6 Å². The predicted molar refractivity (Wildman–Crippen MR) is 135 cm³/mol. The summed E-state index contributed by atoms with van der Waals surface area (Å²) >= 11 is 7.37. The van der Waals surface area contributed by atoms with E-state index in [1.165, 1.54) is 11.8 Å². The first-order chi connectivity index (χ1) is 16.5. The van der Waals surface area contributed by atoms with Gasteiger partial charge in [-0.1, -0.05) is 53.7 Å². The molecule has 8 heteroatoms. The van der Waals surface area contributed by atoms with Crippen molar-refractivity contribution in [2.45, 2.75) is 24.5 Å². The van der Waals surface area contributed by atoms with Crippen molar-refractivity contribution in [3.05, 3.63) is 93.2 Å². The summed E-state index contributed by atoms with van der Waals surface area (Å²) in [5.74, 6) is 0.778. The van der Waals surface area contributed by atoms with Crippen molar-refractivity contribution < 1.29 is 9.53 Å². The van der Waals surface area contributed by atoms with Crippen LogP contribution in [0.4, 0.5) is 0 Å². The van der Waals surface area contributed by atoms with E-state index in [2.05, 4.69) is 5.32 Å². The molecule has 1 aliphatic heterocycles. The Morgan fingerprint density at radius 1 is 1.18 bits per heavy atom. The third-order valence-corrected chi connectivity index (χ3v) is 6.86. The van der Waals surface area contributed by atoms with E-state index in [4.69, 9.17) is 21.3 Å². The lowest BCUT2D eigenvalue weighted by Crippen LogP contribution is -2.33. The Bertz CT molecular complexity index is 1450. The molecule has 0 saturated heterocycles. The van der Waals surface area contributed by atoms with Gasteiger partial charge >= 0.3 is 0 Å².